The molecular formula is C17H21ClO. The highest BCUT2D eigenvalue weighted by Gasteiger charge is 2.02. The summed E-state index contributed by atoms with van der Waals surface area (Å²) in [5.41, 5.74) is 2.47. The van der Waals surface area contributed by atoms with Crippen LogP contribution in [-0.2, 0) is 0 Å². The highest BCUT2D eigenvalue weighted by Crippen LogP contribution is 2.25. The summed E-state index contributed by atoms with van der Waals surface area (Å²) in [5.74, 6) is 0.761. The lowest BCUT2D eigenvalue weighted by Gasteiger charge is -2.11. The molecule has 0 spiro atoms. The highest BCUT2D eigenvalue weighted by atomic mass is 35.5. The van der Waals surface area contributed by atoms with Crippen molar-refractivity contribution in [3.05, 3.63) is 64.7 Å². The van der Waals surface area contributed by atoms with Gasteiger partial charge in [0.15, 0.2) is 0 Å². The molecule has 0 atom stereocenters. The van der Waals surface area contributed by atoms with Gasteiger partial charge in [-0.3, -0.25) is 0 Å². The van der Waals surface area contributed by atoms with Crippen molar-refractivity contribution in [2.45, 2.75) is 33.8 Å². The van der Waals surface area contributed by atoms with Crippen LogP contribution in [-0.4, -0.2) is 6.10 Å². The van der Waals surface area contributed by atoms with Gasteiger partial charge in [0.05, 0.1) is 11.1 Å². The molecule has 0 radical (unpaired) electrons. The normalized spacial score (nSPS) is 9.79. The standard InChI is InChI=1S/C10H13ClO.C7H8/c1-7(2)12-10-5-4-8(3)6-9(10)11;1-7-5-3-2-4-6-7/h4-7H,1-3H3;2-6H,1H3. The molecular weight excluding hydrogens is 256 g/mol. The highest BCUT2D eigenvalue weighted by molar-refractivity contribution is 6.32. The molecule has 19 heavy (non-hydrogen) atoms. The van der Waals surface area contributed by atoms with E-state index in [-0.39, 0.29) is 6.10 Å². The predicted molar refractivity (Wildman–Crippen MR) is 83.1 cm³/mol. The van der Waals surface area contributed by atoms with Crippen molar-refractivity contribution >= 4 is 11.6 Å². The number of ether oxygens (including phenoxy) is 1. The van der Waals surface area contributed by atoms with Crippen molar-refractivity contribution in [1.29, 1.82) is 0 Å². The predicted octanol–water partition coefficient (Wildman–Crippen LogP) is 5.43. The second-order valence-corrected chi connectivity index (χ2v) is 5.16. The van der Waals surface area contributed by atoms with Crippen molar-refractivity contribution in [3.63, 3.8) is 0 Å². The number of aryl methyl sites for hydroxylation is 2. The molecule has 2 aromatic carbocycles. The molecule has 0 amide bonds. The van der Waals surface area contributed by atoms with Gasteiger partial charge in [0.2, 0.25) is 0 Å². The van der Waals surface area contributed by atoms with Gasteiger partial charge in [0, 0.05) is 0 Å². The summed E-state index contributed by atoms with van der Waals surface area (Å²) in [5, 5.41) is 0.684. The molecule has 2 aromatic rings. The zero-order valence-corrected chi connectivity index (χ0v) is 12.7. The van der Waals surface area contributed by atoms with Gasteiger partial charge in [-0.05, 0) is 45.4 Å². The number of halogens is 1. The molecule has 0 heterocycles. The summed E-state index contributed by atoms with van der Waals surface area (Å²) in [6, 6.07) is 16.1. The number of hydrogen-bond donors (Lipinski definition) is 0. The van der Waals surface area contributed by atoms with E-state index in [1.807, 2.05) is 57.2 Å². The van der Waals surface area contributed by atoms with Gasteiger partial charge >= 0.3 is 0 Å². The summed E-state index contributed by atoms with van der Waals surface area (Å²) >= 11 is 5.95. The zero-order chi connectivity index (χ0) is 14.3. The lowest BCUT2D eigenvalue weighted by Crippen LogP contribution is -2.05. The maximum absolute atomic E-state index is 5.95. The van der Waals surface area contributed by atoms with Crippen LogP contribution < -0.4 is 4.74 Å². The molecule has 0 bridgehead atoms. The molecule has 0 saturated heterocycles. The Labute approximate surface area is 121 Å². The van der Waals surface area contributed by atoms with Crippen LogP contribution in [0.4, 0.5) is 0 Å². The molecule has 0 unspecified atom stereocenters. The van der Waals surface area contributed by atoms with Gasteiger partial charge in [-0.15, -0.1) is 0 Å². The Balaban J connectivity index is 0.000000218. The Morgan fingerprint density at radius 1 is 0.895 bits per heavy atom. The van der Waals surface area contributed by atoms with E-state index in [1.165, 1.54) is 5.56 Å². The Hall–Kier alpha value is -1.47. The molecule has 0 saturated carbocycles. The molecule has 0 aromatic heterocycles. The van der Waals surface area contributed by atoms with Crippen LogP contribution in [0.15, 0.2) is 48.5 Å². The fourth-order valence-corrected chi connectivity index (χ4v) is 1.77. The van der Waals surface area contributed by atoms with E-state index in [0.29, 0.717) is 5.02 Å². The Kier molecular flexibility index (Phi) is 6.44. The quantitative estimate of drug-likeness (QED) is 0.710. The molecule has 0 aliphatic rings. The van der Waals surface area contributed by atoms with Gasteiger partial charge in [-0.1, -0.05) is 53.6 Å². The van der Waals surface area contributed by atoms with Crippen LogP contribution in [0.1, 0.15) is 25.0 Å². The summed E-state index contributed by atoms with van der Waals surface area (Å²) in [7, 11) is 0. The third-order valence-electron chi connectivity index (χ3n) is 2.39. The average Bonchev–Trinajstić information content (AvgIpc) is 2.34. The molecule has 0 fully saturated rings. The first-order valence-corrected chi connectivity index (χ1v) is 6.81. The summed E-state index contributed by atoms with van der Waals surface area (Å²) in [6.45, 7) is 8.05. The van der Waals surface area contributed by atoms with Crippen LogP contribution >= 0.6 is 11.6 Å². The lowest BCUT2D eigenvalue weighted by molar-refractivity contribution is 0.242. The van der Waals surface area contributed by atoms with Gasteiger partial charge < -0.3 is 4.74 Å². The summed E-state index contributed by atoms with van der Waals surface area (Å²) in [4.78, 5) is 0. The molecule has 102 valence electrons. The van der Waals surface area contributed by atoms with Gasteiger partial charge in [0.1, 0.15) is 5.75 Å². The molecule has 2 heteroatoms. The fourth-order valence-electron chi connectivity index (χ4n) is 1.49. The van der Waals surface area contributed by atoms with Crippen molar-refractivity contribution in [2.75, 3.05) is 0 Å². The van der Waals surface area contributed by atoms with Crippen molar-refractivity contribution < 1.29 is 4.74 Å². The SMILES string of the molecule is Cc1ccc(OC(C)C)c(Cl)c1.Cc1ccccc1. The number of hydrogen-bond acceptors (Lipinski definition) is 1. The van der Waals surface area contributed by atoms with E-state index in [0.717, 1.165) is 11.3 Å². The van der Waals surface area contributed by atoms with Gasteiger partial charge in [-0.25, -0.2) is 0 Å². The minimum absolute atomic E-state index is 0.171. The zero-order valence-electron chi connectivity index (χ0n) is 12.0. The minimum Gasteiger partial charge on any atom is -0.489 e. The van der Waals surface area contributed by atoms with Crippen molar-refractivity contribution in [3.8, 4) is 5.75 Å². The van der Waals surface area contributed by atoms with Crippen LogP contribution in [0.25, 0.3) is 0 Å². The molecule has 1 nitrogen and oxygen atoms in total. The lowest BCUT2D eigenvalue weighted by atomic mass is 10.2. The van der Waals surface area contributed by atoms with Crippen LogP contribution in [0.3, 0.4) is 0 Å². The maximum atomic E-state index is 5.95. The van der Waals surface area contributed by atoms with E-state index in [4.69, 9.17) is 16.3 Å². The first-order chi connectivity index (χ1) is 8.99. The van der Waals surface area contributed by atoms with Crippen molar-refractivity contribution in [2.24, 2.45) is 0 Å². The molecule has 0 aliphatic heterocycles. The first-order valence-electron chi connectivity index (χ1n) is 6.43. The maximum Gasteiger partial charge on any atom is 0.138 e. The summed E-state index contributed by atoms with van der Waals surface area (Å²) in [6.07, 6.45) is 0.171. The van der Waals surface area contributed by atoms with Crippen LogP contribution in [0.2, 0.25) is 5.02 Å². The third-order valence-corrected chi connectivity index (χ3v) is 2.69. The van der Waals surface area contributed by atoms with E-state index >= 15 is 0 Å². The number of benzene rings is 2. The average molecular weight is 277 g/mol. The Morgan fingerprint density at radius 2 is 1.53 bits per heavy atom. The third kappa shape index (κ3) is 6.30. The smallest absolute Gasteiger partial charge is 0.138 e. The topological polar surface area (TPSA) is 9.23 Å². The van der Waals surface area contributed by atoms with E-state index in [1.54, 1.807) is 0 Å². The monoisotopic (exact) mass is 276 g/mol. The number of rotatable bonds is 2. The molecule has 0 aliphatic carbocycles. The first kappa shape index (κ1) is 15.6. The second kappa shape index (κ2) is 7.85. The van der Waals surface area contributed by atoms with Crippen molar-refractivity contribution in [1.82, 2.24) is 0 Å². The largest absolute Gasteiger partial charge is 0.489 e. The fraction of sp³-hybridized carbons (Fsp3) is 0.294. The Bertz CT molecular complexity index is 492. The van der Waals surface area contributed by atoms with E-state index in [2.05, 4.69) is 19.1 Å². The van der Waals surface area contributed by atoms with Gasteiger partial charge in [-0.2, -0.15) is 0 Å². The minimum atomic E-state index is 0.171. The summed E-state index contributed by atoms with van der Waals surface area (Å²) < 4.78 is 5.47. The molecule has 2 rings (SSSR count). The molecule has 0 N–H and O–H groups in total. The van der Waals surface area contributed by atoms with E-state index < -0.39 is 0 Å². The van der Waals surface area contributed by atoms with Gasteiger partial charge in [0.25, 0.3) is 0 Å². The van der Waals surface area contributed by atoms with Crippen LogP contribution in [0, 0.1) is 13.8 Å². The van der Waals surface area contributed by atoms with Crippen LogP contribution in [0.5, 0.6) is 5.75 Å². The Morgan fingerprint density at radius 3 is 1.95 bits per heavy atom. The second-order valence-electron chi connectivity index (χ2n) is 4.76. The van der Waals surface area contributed by atoms with E-state index in [9.17, 15) is 0 Å².